The van der Waals surface area contributed by atoms with Crippen LogP contribution in [0, 0.1) is 16.2 Å². The first-order valence-corrected chi connectivity index (χ1v) is 16.0. The Morgan fingerprint density at radius 1 is 0.613 bits per heavy atom. The highest BCUT2D eigenvalue weighted by molar-refractivity contribution is 7.53. The second-order valence-corrected chi connectivity index (χ2v) is 16.7. The molecule has 0 aromatic carbocycles. The van der Waals surface area contributed by atoms with Crippen molar-refractivity contribution in [3.05, 3.63) is 0 Å². The van der Waals surface area contributed by atoms with Crippen LogP contribution in [0.25, 0.3) is 0 Å². The lowest BCUT2D eigenvalue weighted by atomic mass is 9.93. The highest BCUT2D eigenvalue weighted by Crippen LogP contribution is 2.52. The van der Waals surface area contributed by atoms with Gasteiger partial charge in [-0.2, -0.15) is 0 Å². The van der Waals surface area contributed by atoms with Gasteiger partial charge in [-0.15, -0.1) is 0 Å². The highest BCUT2D eigenvalue weighted by atomic mass is 31.2. The molecule has 3 aliphatic rings. The minimum Gasteiger partial charge on any atom is -0.308 e. The van der Waals surface area contributed by atoms with Crippen molar-refractivity contribution in [2.24, 2.45) is 22.0 Å². The Hall–Kier alpha value is 0.410. The van der Waals surface area contributed by atoms with Crippen molar-refractivity contribution in [1.82, 2.24) is 0 Å². The van der Waals surface area contributed by atoms with Crippen LogP contribution in [0.3, 0.4) is 0 Å². The molecule has 2 atom stereocenters. The SMILES string of the molecule is CC1(C)COP(C)(=O)OC1.CC1(C)COP(C)(=O)OC1.CC1(C)COP(C)(=O)OC1N. The fourth-order valence-electron chi connectivity index (χ4n) is 2.07. The molecule has 0 amide bonds. The molecular weight excluding hydrogens is 467 g/mol. The maximum absolute atomic E-state index is 11.2. The van der Waals surface area contributed by atoms with Gasteiger partial charge in [0.2, 0.25) is 0 Å². The summed E-state index contributed by atoms with van der Waals surface area (Å²) in [5, 5.41) is 0. The monoisotopic (exact) mass is 507 g/mol. The van der Waals surface area contributed by atoms with Gasteiger partial charge in [0, 0.05) is 36.2 Å². The van der Waals surface area contributed by atoms with Crippen LogP contribution >= 0.6 is 22.8 Å². The Morgan fingerprint density at radius 3 is 1.13 bits per heavy atom. The molecule has 3 rings (SSSR count). The van der Waals surface area contributed by atoms with Crippen molar-refractivity contribution < 1.29 is 40.8 Å². The summed E-state index contributed by atoms with van der Waals surface area (Å²) in [6.07, 6.45) is -0.493. The third-order valence-electron chi connectivity index (χ3n) is 4.51. The molecule has 13 heteroatoms. The first-order chi connectivity index (χ1) is 13.7. The van der Waals surface area contributed by atoms with Gasteiger partial charge in [0.1, 0.15) is 6.23 Å². The van der Waals surface area contributed by atoms with Crippen molar-refractivity contribution >= 4 is 22.8 Å². The van der Waals surface area contributed by atoms with E-state index in [1.165, 1.54) is 20.0 Å². The maximum atomic E-state index is 11.2. The van der Waals surface area contributed by atoms with Gasteiger partial charge in [0.15, 0.2) is 0 Å². The Bertz CT molecular complexity index is 686. The Morgan fingerprint density at radius 2 is 0.903 bits per heavy atom. The van der Waals surface area contributed by atoms with Crippen LogP contribution in [0.4, 0.5) is 0 Å². The molecule has 0 aromatic rings. The van der Waals surface area contributed by atoms with Crippen LogP contribution in [-0.2, 0) is 40.8 Å². The van der Waals surface area contributed by atoms with E-state index >= 15 is 0 Å². The summed E-state index contributed by atoms with van der Waals surface area (Å²) in [4.78, 5) is 0. The van der Waals surface area contributed by atoms with E-state index in [4.69, 9.17) is 32.9 Å². The Kier molecular flexibility index (Phi) is 9.83. The maximum Gasteiger partial charge on any atom is 0.329 e. The highest BCUT2D eigenvalue weighted by Gasteiger charge is 2.39. The van der Waals surface area contributed by atoms with Gasteiger partial charge >= 0.3 is 22.8 Å². The van der Waals surface area contributed by atoms with E-state index in [9.17, 15) is 13.7 Å². The van der Waals surface area contributed by atoms with E-state index in [1.54, 1.807) is 0 Å². The molecule has 2 N–H and O–H groups in total. The third-order valence-corrected chi connectivity index (χ3v) is 8.11. The standard InChI is InChI=1S/C6H14NO3P.2C6H13O3P/c1-6(2)4-9-11(3,8)10-5(6)7;2*1-6(2)4-8-10(3,7)9-5-6/h5H,4,7H2,1-3H3;2*4-5H2,1-3H3. The summed E-state index contributed by atoms with van der Waals surface area (Å²) < 4.78 is 63.4. The van der Waals surface area contributed by atoms with Crippen LogP contribution in [0.1, 0.15) is 41.5 Å². The molecule has 0 bridgehead atoms. The molecule has 2 unspecified atom stereocenters. The third kappa shape index (κ3) is 11.4. The second-order valence-electron chi connectivity index (χ2n) is 10.5. The summed E-state index contributed by atoms with van der Waals surface area (Å²) in [6, 6.07) is 0. The van der Waals surface area contributed by atoms with Crippen molar-refractivity contribution in [2.45, 2.75) is 47.8 Å². The zero-order chi connectivity index (χ0) is 24.4. The minimum absolute atomic E-state index is 0.0178. The first-order valence-electron chi connectivity index (χ1n) is 10.1. The first kappa shape index (κ1) is 29.4. The molecule has 0 saturated carbocycles. The van der Waals surface area contributed by atoms with Gasteiger partial charge in [-0.3, -0.25) is 18.2 Å². The van der Waals surface area contributed by atoms with E-state index in [-0.39, 0.29) is 16.2 Å². The second kappa shape index (κ2) is 10.4. The van der Waals surface area contributed by atoms with Crippen molar-refractivity contribution in [3.8, 4) is 0 Å². The molecule has 31 heavy (non-hydrogen) atoms. The lowest BCUT2D eigenvalue weighted by Gasteiger charge is -2.37. The molecule has 10 nitrogen and oxygen atoms in total. The molecule has 3 aliphatic heterocycles. The van der Waals surface area contributed by atoms with Gasteiger partial charge in [-0.25, -0.2) is 0 Å². The van der Waals surface area contributed by atoms with Gasteiger partial charge in [0.25, 0.3) is 0 Å². The summed E-state index contributed by atoms with van der Waals surface area (Å²) in [7, 11) is -8.18. The lowest BCUT2D eigenvalue weighted by molar-refractivity contribution is -0.0192. The molecule has 3 heterocycles. The summed E-state index contributed by atoms with van der Waals surface area (Å²) in [6.45, 7) is 18.8. The zero-order valence-corrected chi connectivity index (χ0v) is 22.9. The van der Waals surface area contributed by atoms with Crippen LogP contribution in [0.5, 0.6) is 0 Å². The van der Waals surface area contributed by atoms with Gasteiger partial charge < -0.3 is 28.4 Å². The summed E-state index contributed by atoms with van der Waals surface area (Å²) in [5.41, 5.74) is 5.40. The van der Waals surface area contributed by atoms with E-state index < -0.39 is 29.0 Å². The predicted octanol–water partition coefficient (Wildman–Crippen LogP) is 4.93. The molecule has 3 fully saturated rings. The van der Waals surface area contributed by atoms with Gasteiger partial charge in [0.05, 0.1) is 33.0 Å². The van der Waals surface area contributed by atoms with Crippen molar-refractivity contribution in [3.63, 3.8) is 0 Å². The smallest absolute Gasteiger partial charge is 0.308 e. The molecule has 0 spiro atoms. The summed E-state index contributed by atoms with van der Waals surface area (Å²) in [5.74, 6) is 0. The molecule has 0 aromatic heterocycles. The van der Waals surface area contributed by atoms with Crippen molar-refractivity contribution in [2.75, 3.05) is 53.0 Å². The number of nitrogens with two attached hydrogens (primary N) is 1. The van der Waals surface area contributed by atoms with Crippen LogP contribution < -0.4 is 5.73 Å². The number of hydrogen-bond acceptors (Lipinski definition) is 10. The topological polar surface area (TPSA) is 133 Å². The van der Waals surface area contributed by atoms with Gasteiger partial charge in [-0.1, -0.05) is 41.5 Å². The lowest BCUT2D eigenvalue weighted by Crippen LogP contribution is -2.45. The fourth-order valence-corrected chi connectivity index (χ4v) is 5.88. The molecule has 0 aliphatic carbocycles. The average molecular weight is 507 g/mol. The quantitative estimate of drug-likeness (QED) is 0.450. The van der Waals surface area contributed by atoms with Crippen molar-refractivity contribution in [1.29, 1.82) is 0 Å². The van der Waals surface area contributed by atoms with Crippen LogP contribution in [-0.4, -0.2) is 59.3 Å². The van der Waals surface area contributed by atoms with Crippen LogP contribution in [0.15, 0.2) is 0 Å². The molecular formula is C18H40NO9P3. The normalized spacial score (nSPS) is 34.8. The molecule has 186 valence electrons. The Balaban J connectivity index is 0.000000233. The number of rotatable bonds is 0. The molecule has 0 radical (unpaired) electrons. The zero-order valence-electron chi connectivity index (χ0n) is 20.2. The van der Waals surface area contributed by atoms with E-state index in [1.807, 2.05) is 41.5 Å². The van der Waals surface area contributed by atoms with E-state index in [0.717, 1.165) is 0 Å². The minimum atomic E-state index is -2.85. The largest absolute Gasteiger partial charge is 0.329 e. The summed E-state index contributed by atoms with van der Waals surface area (Å²) >= 11 is 0. The predicted molar refractivity (Wildman–Crippen MR) is 121 cm³/mol. The van der Waals surface area contributed by atoms with Gasteiger partial charge in [-0.05, 0) is 0 Å². The Labute approximate surface area is 186 Å². The number of hydrogen-bond donors (Lipinski definition) is 1. The average Bonchev–Trinajstić information content (AvgIpc) is 2.60. The van der Waals surface area contributed by atoms with Crippen LogP contribution in [0.2, 0.25) is 0 Å². The van der Waals surface area contributed by atoms with E-state index in [0.29, 0.717) is 33.0 Å². The molecule has 3 saturated heterocycles. The van der Waals surface area contributed by atoms with E-state index in [2.05, 4.69) is 0 Å². The fraction of sp³-hybridized carbons (Fsp3) is 1.00.